The summed E-state index contributed by atoms with van der Waals surface area (Å²) in [6, 6.07) is 2.78. The van der Waals surface area contributed by atoms with Crippen molar-refractivity contribution in [2.45, 2.75) is 31.2 Å². The largest absolute Gasteiger partial charge is 0.297 e. The molecule has 2 aliphatic rings. The molecule has 1 N–H and O–H groups in total. The third kappa shape index (κ3) is 1.54. The van der Waals surface area contributed by atoms with E-state index in [0.29, 0.717) is 4.60 Å². The lowest BCUT2D eigenvalue weighted by molar-refractivity contribution is -0.0132. The van der Waals surface area contributed by atoms with Crippen molar-refractivity contribution in [1.82, 2.24) is 10.5 Å². The van der Waals surface area contributed by atoms with Gasteiger partial charge in [0.15, 0.2) is 0 Å². The number of hydroxylamine groups is 1. The standard InChI is InChI=1S/C11H11BrF2N2O/c1-5(13)11(6-4-8(6)17-16-11)10-7(14)2-3-9(12)15-10/h2-3,5-6,8,16H,4H2,1H3/t5?,6-,8+,11-/m0/s1. The number of nitrogens with one attached hydrogen (secondary N) is 1. The normalized spacial score (nSPS) is 36.7. The first-order valence-electron chi connectivity index (χ1n) is 5.45. The molecule has 1 aliphatic heterocycles. The quantitative estimate of drug-likeness (QED) is 0.852. The van der Waals surface area contributed by atoms with Gasteiger partial charge >= 0.3 is 0 Å². The second kappa shape index (κ2) is 3.70. The zero-order valence-electron chi connectivity index (χ0n) is 9.08. The van der Waals surface area contributed by atoms with Crippen LogP contribution in [0.1, 0.15) is 19.0 Å². The van der Waals surface area contributed by atoms with Crippen LogP contribution in [0.25, 0.3) is 0 Å². The molecule has 1 saturated carbocycles. The highest BCUT2D eigenvalue weighted by Gasteiger charge is 2.65. The fourth-order valence-electron chi connectivity index (χ4n) is 2.53. The summed E-state index contributed by atoms with van der Waals surface area (Å²) in [5, 5.41) is 0. The van der Waals surface area contributed by atoms with E-state index in [1.54, 1.807) is 0 Å². The van der Waals surface area contributed by atoms with E-state index in [1.807, 2.05) is 0 Å². The molecule has 0 radical (unpaired) electrons. The topological polar surface area (TPSA) is 34.2 Å². The van der Waals surface area contributed by atoms with Crippen LogP contribution in [0.3, 0.4) is 0 Å². The van der Waals surface area contributed by atoms with Gasteiger partial charge in [-0.3, -0.25) is 4.84 Å². The molecule has 3 nitrogen and oxygen atoms in total. The van der Waals surface area contributed by atoms with Gasteiger partial charge in [-0.1, -0.05) is 0 Å². The Morgan fingerprint density at radius 1 is 1.65 bits per heavy atom. The van der Waals surface area contributed by atoms with Crippen LogP contribution in [0, 0.1) is 11.7 Å². The number of alkyl halides is 1. The number of aromatic nitrogens is 1. The summed E-state index contributed by atoms with van der Waals surface area (Å²) in [6.45, 7) is 1.40. The van der Waals surface area contributed by atoms with Crippen LogP contribution in [-0.2, 0) is 10.4 Å². The first kappa shape index (κ1) is 11.5. The maximum absolute atomic E-state index is 14.0. The van der Waals surface area contributed by atoms with Crippen LogP contribution in [0.4, 0.5) is 8.78 Å². The predicted molar refractivity (Wildman–Crippen MR) is 60.3 cm³/mol. The highest BCUT2D eigenvalue weighted by molar-refractivity contribution is 9.10. The summed E-state index contributed by atoms with van der Waals surface area (Å²) in [5.41, 5.74) is 1.59. The molecule has 1 saturated heterocycles. The number of hydrogen-bond donors (Lipinski definition) is 1. The second-order valence-corrected chi connectivity index (χ2v) is 5.36. The molecule has 0 aromatic carbocycles. The SMILES string of the molecule is CC(F)[C@]1(c2nc(Br)ccc2F)NO[C@@H]2C[C@@H]21. The van der Waals surface area contributed by atoms with E-state index in [2.05, 4.69) is 26.4 Å². The molecule has 1 aliphatic carbocycles. The van der Waals surface area contributed by atoms with E-state index in [9.17, 15) is 8.78 Å². The smallest absolute Gasteiger partial charge is 0.146 e. The summed E-state index contributed by atoms with van der Waals surface area (Å²) in [7, 11) is 0. The Balaban J connectivity index is 2.13. The average molecular weight is 305 g/mol. The Labute approximate surface area is 106 Å². The van der Waals surface area contributed by atoms with Crippen LogP contribution in [0.2, 0.25) is 0 Å². The lowest BCUT2D eigenvalue weighted by atomic mass is 9.85. The van der Waals surface area contributed by atoms with Gasteiger partial charge in [0, 0.05) is 5.92 Å². The number of rotatable bonds is 2. The third-order valence-electron chi connectivity index (χ3n) is 3.53. The Hall–Kier alpha value is -0.590. The van der Waals surface area contributed by atoms with Gasteiger partial charge in [-0.2, -0.15) is 5.48 Å². The lowest BCUT2D eigenvalue weighted by Gasteiger charge is -2.31. The van der Waals surface area contributed by atoms with Gasteiger partial charge < -0.3 is 0 Å². The number of halogens is 3. The van der Waals surface area contributed by atoms with Crippen LogP contribution >= 0.6 is 15.9 Å². The van der Waals surface area contributed by atoms with Crippen molar-refractivity contribution in [2.24, 2.45) is 5.92 Å². The fourth-order valence-corrected chi connectivity index (χ4v) is 2.84. The molecule has 0 bridgehead atoms. The summed E-state index contributed by atoms with van der Waals surface area (Å²) in [4.78, 5) is 9.33. The van der Waals surface area contributed by atoms with Gasteiger partial charge in [0.2, 0.25) is 0 Å². The average Bonchev–Trinajstić information content (AvgIpc) is 2.97. The van der Waals surface area contributed by atoms with Crippen molar-refractivity contribution < 1.29 is 13.6 Å². The zero-order valence-corrected chi connectivity index (χ0v) is 10.7. The van der Waals surface area contributed by atoms with Crippen molar-refractivity contribution in [3.63, 3.8) is 0 Å². The van der Waals surface area contributed by atoms with E-state index in [-0.39, 0.29) is 17.7 Å². The Bertz CT molecular complexity index is 471. The van der Waals surface area contributed by atoms with Crippen molar-refractivity contribution in [1.29, 1.82) is 0 Å². The Morgan fingerprint density at radius 2 is 2.41 bits per heavy atom. The first-order chi connectivity index (χ1) is 8.05. The Kier molecular flexibility index (Phi) is 2.50. The van der Waals surface area contributed by atoms with Gasteiger partial charge in [0.05, 0.1) is 6.10 Å². The van der Waals surface area contributed by atoms with Crippen LogP contribution in [0.5, 0.6) is 0 Å². The number of hydrogen-bond acceptors (Lipinski definition) is 3. The van der Waals surface area contributed by atoms with Gasteiger partial charge in [-0.05, 0) is 41.4 Å². The van der Waals surface area contributed by atoms with Crippen LogP contribution in [0.15, 0.2) is 16.7 Å². The minimum atomic E-state index is -1.28. The second-order valence-electron chi connectivity index (χ2n) is 4.55. The van der Waals surface area contributed by atoms with Gasteiger partial charge in [-0.25, -0.2) is 13.8 Å². The molecule has 0 amide bonds. The third-order valence-corrected chi connectivity index (χ3v) is 3.97. The molecular weight excluding hydrogens is 294 g/mol. The van der Waals surface area contributed by atoms with Gasteiger partial charge in [0.25, 0.3) is 0 Å². The maximum Gasteiger partial charge on any atom is 0.146 e. The predicted octanol–water partition coefficient (Wildman–Crippen LogP) is 2.46. The van der Waals surface area contributed by atoms with E-state index in [0.717, 1.165) is 6.42 Å². The number of fused-ring (bicyclic) bond motifs is 1. The molecule has 1 aromatic heterocycles. The monoisotopic (exact) mass is 304 g/mol. The summed E-state index contributed by atoms with van der Waals surface area (Å²) in [6.07, 6.45) is -0.556. The minimum absolute atomic E-state index is 0.0200. The molecule has 92 valence electrons. The molecule has 1 aromatic rings. The molecule has 4 atom stereocenters. The zero-order chi connectivity index (χ0) is 12.2. The molecule has 0 spiro atoms. The highest BCUT2D eigenvalue weighted by atomic mass is 79.9. The minimum Gasteiger partial charge on any atom is -0.297 e. The summed E-state index contributed by atoms with van der Waals surface area (Å²) < 4.78 is 28.3. The van der Waals surface area contributed by atoms with E-state index >= 15 is 0 Å². The maximum atomic E-state index is 14.0. The molecule has 2 fully saturated rings. The summed E-state index contributed by atoms with van der Waals surface area (Å²) >= 11 is 3.18. The van der Waals surface area contributed by atoms with E-state index < -0.39 is 17.5 Å². The van der Waals surface area contributed by atoms with Crippen LogP contribution in [-0.4, -0.2) is 17.3 Å². The molecule has 17 heavy (non-hydrogen) atoms. The highest BCUT2D eigenvalue weighted by Crippen LogP contribution is 2.54. The molecule has 1 unspecified atom stereocenters. The van der Waals surface area contributed by atoms with Crippen molar-refractivity contribution >= 4 is 15.9 Å². The van der Waals surface area contributed by atoms with Gasteiger partial charge in [0.1, 0.15) is 27.8 Å². The molecular formula is C11H11BrF2N2O. The van der Waals surface area contributed by atoms with Gasteiger partial charge in [-0.15, -0.1) is 0 Å². The number of pyridine rings is 1. The van der Waals surface area contributed by atoms with Crippen molar-refractivity contribution in [3.8, 4) is 0 Å². The fraction of sp³-hybridized carbons (Fsp3) is 0.545. The summed E-state index contributed by atoms with van der Waals surface area (Å²) in [5.74, 6) is -0.555. The van der Waals surface area contributed by atoms with E-state index in [4.69, 9.17) is 4.84 Å². The molecule has 2 heterocycles. The van der Waals surface area contributed by atoms with Crippen molar-refractivity contribution in [2.75, 3.05) is 0 Å². The molecule has 3 rings (SSSR count). The molecule has 6 heteroatoms. The van der Waals surface area contributed by atoms with E-state index in [1.165, 1.54) is 19.1 Å². The Morgan fingerprint density at radius 3 is 2.94 bits per heavy atom. The first-order valence-corrected chi connectivity index (χ1v) is 6.24. The number of nitrogens with zero attached hydrogens (tertiary/aromatic N) is 1. The lowest BCUT2D eigenvalue weighted by Crippen LogP contribution is -2.48. The van der Waals surface area contributed by atoms with Crippen LogP contribution < -0.4 is 5.48 Å². The van der Waals surface area contributed by atoms with Crippen molar-refractivity contribution in [3.05, 3.63) is 28.2 Å².